The summed E-state index contributed by atoms with van der Waals surface area (Å²) in [6, 6.07) is 5.90. The highest BCUT2D eigenvalue weighted by molar-refractivity contribution is 5.94. The summed E-state index contributed by atoms with van der Waals surface area (Å²) < 4.78 is 11.3. The minimum Gasteiger partial charge on any atom is -0.494 e. The fourth-order valence-corrected chi connectivity index (χ4v) is 3.93. The Bertz CT molecular complexity index is 859. The predicted molar refractivity (Wildman–Crippen MR) is 119 cm³/mol. The second-order valence-corrected chi connectivity index (χ2v) is 8.71. The van der Waals surface area contributed by atoms with Crippen molar-refractivity contribution in [3.05, 3.63) is 35.2 Å². The third-order valence-corrected chi connectivity index (χ3v) is 5.95. The van der Waals surface area contributed by atoms with Gasteiger partial charge in [0, 0.05) is 37.1 Å². The molecule has 8 heteroatoms. The lowest BCUT2D eigenvalue weighted by Crippen LogP contribution is -2.34. The van der Waals surface area contributed by atoms with Crippen LogP contribution in [0.15, 0.2) is 22.7 Å². The molecule has 1 fully saturated rings. The van der Waals surface area contributed by atoms with E-state index in [-0.39, 0.29) is 18.4 Å². The lowest BCUT2D eigenvalue weighted by molar-refractivity contribution is 0.0998. The summed E-state index contributed by atoms with van der Waals surface area (Å²) in [5.74, 6) is 1.72. The van der Waals surface area contributed by atoms with Crippen LogP contribution in [0.5, 0.6) is 5.75 Å². The number of aliphatic hydroxyl groups is 1. The van der Waals surface area contributed by atoms with Gasteiger partial charge in [-0.2, -0.15) is 4.98 Å². The van der Waals surface area contributed by atoms with Crippen molar-refractivity contribution < 1.29 is 19.2 Å². The molecule has 3 N–H and O–H groups in total. The number of carbonyl (C=O) groups is 1. The maximum Gasteiger partial charge on any atom is 0.324 e. The van der Waals surface area contributed by atoms with Crippen LogP contribution in [0.3, 0.4) is 0 Å². The van der Waals surface area contributed by atoms with Crippen LogP contribution in [-0.2, 0) is 0 Å². The molecule has 1 aliphatic heterocycles. The number of rotatable bonds is 10. The molecule has 0 saturated carbocycles. The Balaban J connectivity index is 1.43. The molecule has 2 aromatic rings. The number of carbonyl (C=O) groups excluding carboxylic acids is 1. The highest BCUT2D eigenvalue weighted by atomic mass is 16.5. The molecule has 1 aliphatic rings. The van der Waals surface area contributed by atoms with Crippen LogP contribution in [0.1, 0.15) is 80.0 Å². The molecule has 170 valence electrons. The minimum atomic E-state index is -0.492. The van der Waals surface area contributed by atoms with Gasteiger partial charge in [-0.05, 0) is 55.4 Å². The lowest BCUT2D eigenvalue weighted by Gasteiger charge is -2.30. The Labute approximate surface area is 183 Å². The van der Waals surface area contributed by atoms with E-state index in [0.29, 0.717) is 29.9 Å². The second-order valence-electron chi connectivity index (χ2n) is 8.71. The van der Waals surface area contributed by atoms with E-state index in [1.54, 1.807) is 12.1 Å². The van der Waals surface area contributed by atoms with Crippen LogP contribution in [0, 0.1) is 5.92 Å². The van der Waals surface area contributed by atoms with Crippen molar-refractivity contribution in [1.29, 1.82) is 0 Å². The van der Waals surface area contributed by atoms with E-state index >= 15 is 0 Å². The number of benzene rings is 1. The first-order valence-electron chi connectivity index (χ1n) is 11.1. The molecule has 2 heterocycles. The third-order valence-electron chi connectivity index (χ3n) is 5.95. The maximum absolute atomic E-state index is 11.6. The van der Waals surface area contributed by atoms with Crippen LogP contribution >= 0.6 is 0 Å². The molecule has 0 unspecified atom stereocenters. The average molecular weight is 431 g/mol. The molecule has 0 aliphatic carbocycles. The monoisotopic (exact) mass is 430 g/mol. The van der Waals surface area contributed by atoms with Crippen molar-refractivity contribution in [1.82, 2.24) is 10.1 Å². The molecule has 1 amide bonds. The summed E-state index contributed by atoms with van der Waals surface area (Å²) in [4.78, 5) is 18.3. The van der Waals surface area contributed by atoms with Crippen molar-refractivity contribution in [3.63, 3.8) is 0 Å². The molecule has 1 atom stereocenters. The highest BCUT2D eigenvalue weighted by Gasteiger charge is 2.23. The van der Waals surface area contributed by atoms with E-state index in [0.717, 1.165) is 50.2 Å². The second kappa shape index (κ2) is 10.6. The topological polar surface area (TPSA) is 115 Å². The molecule has 1 aromatic heterocycles. The summed E-state index contributed by atoms with van der Waals surface area (Å²) in [5, 5.41) is 13.5. The van der Waals surface area contributed by atoms with Crippen LogP contribution in [0.4, 0.5) is 6.01 Å². The van der Waals surface area contributed by atoms with Gasteiger partial charge in [-0.1, -0.05) is 25.9 Å². The number of amides is 1. The molecule has 0 radical (unpaired) electrons. The fraction of sp³-hybridized carbons (Fsp3) is 0.609. The zero-order valence-corrected chi connectivity index (χ0v) is 18.7. The molecular weight excluding hydrogens is 396 g/mol. The van der Waals surface area contributed by atoms with Gasteiger partial charge in [0.2, 0.25) is 5.91 Å². The summed E-state index contributed by atoms with van der Waals surface area (Å²) in [6.45, 7) is 8.40. The van der Waals surface area contributed by atoms with E-state index in [9.17, 15) is 9.90 Å². The Morgan fingerprint density at radius 2 is 2.06 bits per heavy atom. The first kappa shape index (κ1) is 23.1. The average Bonchev–Trinajstić information content (AvgIpc) is 3.27. The first-order valence-corrected chi connectivity index (χ1v) is 11.1. The third kappa shape index (κ3) is 5.97. The number of nitrogens with two attached hydrogens (primary N) is 1. The van der Waals surface area contributed by atoms with E-state index in [2.05, 4.69) is 28.9 Å². The Hall–Kier alpha value is -2.61. The van der Waals surface area contributed by atoms with Crippen LogP contribution in [0.2, 0.25) is 0 Å². The van der Waals surface area contributed by atoms with Gasteiger partial charge in [-0.25, -0.2) is 0 Å². The molecule has 1 aromatic carbocycles. The predicted octanol–water partition coefficient (Wildman–Crippen LogP) is 3.46. The van der Waals surface area contributed by atoms with E-state index in [1.807, 2.05) is 13.0 Å². The van der Waals surface area contributed by atoms with Crippen molar-refractivity contribution in [2.24, 2.45) is 11.7 Å². The fourth-order valence-electron chi connectivity index (χ4n) is 3.93. The summed E-state index contributed by atoms with van der Waals surface area (Å²) in [6.07, 6.45) is 4.27. The van der Waals surface area contributed by atoms with Gasteiger partial charge >= 0.3 is 6.01 Å². The van der Waals surface area contributed by atoms with Gasteiger partial charge in [0.05, 0.1) is 6.61 Å². The number of hydrogen-bond acceptors (Lipinski definition) is 7. The molecule has 1 saturated heterocycles. The van der Waals surface area contributed by atoms with Gasteiger partial charge in [-0.3, -0.25) is 4.79 Å². The molecule has 3 rings (SSSR count). The van der Waals surface area contributed by atoms with Crippen molar-refractivity contribution >= 4 is 11.9 Å². The zero-order chi connectivity index (χ0) is 22.4. The highest BCUT2D eigenvalue weighted by Crippen LogP contribution is 2.27. The van der Waals surface area contributed by atoms with Gasteiger partial charge in [-0.15, -0.1) is 0 Å². The Morgan fingerprint density at radius 1 is 1.32 bits per heavy atom. The standard InChI is InChI=1S/C23H34N4O4/c1-15(2)22-25-23(31-26-22)27-10-8-17(9-11-27)5-4-12-30-18-6-7-19(21(24)29)20(13-18)16(3)14-28/h6-7,13,15-17,28H,4-5,8-12,14H2,1-3H3,(H2,24,29)/t16-/m1/s1. The molecule has 8 nitrogen and oxygen atoms in total. The van der Waals surface area contributed by atoms with Crippen LogP contribution in [0.25, 0.3) is 0 Å². The van der Waals surface area contributed by atoms with Crippen molar-refractivity contribution in [2.45, 2.75) is 58.3 Å². The molecule has 0 spiro atoms. The largest absolute Gasteiger partial charge is 0.494 e. The smallest absolute Gasteiger partial charge is 0.324 e. The van der Waals surface area contributed by atoms with Gasteiger partial charge in [0.15, 0.2) is 5.82 Å². The quantitative estimate of drug-likeness (QED) is 0.555. The summed E-state index contributed by atoms with van der Waals surface area (Å²) in [5.41, 5.74) is 6.60. The molecule has 0 bridgehead atoms. The number of anilines is 1. The minimum absolute atomic E-state index is 0.0508. The van der Waals surface area contributed by atoms with E-state index < -0.39 is 5.91 Å². The SMILES string of the molecule is CC(C)c1noc(N2CCC(CCCOc3ccc(C(N)=O)c([C@H](C)CO)c3)CC2)n1. The number of hydrogen-bond donors (Lipinski definition) is 2. The molecular formula is C23H34N4O4. The number of ether oxygens (including phenoxy) is 1. The summed E-state index contributed by atoms with van der Waals surface area (Å²) in [7, 11) is 0. The van der Waals surface area contributed by atoms with Crippen LogP contribution < -0.4 is 15.4 Å². The lowest BCUT2D eigenvalue weighted by atomic mass is 9.92. The maximum atomic E-state index is 11.6. The normalized spacial score (nSPS) is 16.0. The van der Waals surface area contributed by atoms with Crippen molar-refractivity contribution in [3.8, 4) is 5.75 Å². The number of aliphatic hydroxyl groups excluding tert-OH is 1. The molecule has 31 heavy (non-hydrogen) atoms. The summed E-state index contributed by atoms with van der Waals surface area (Å²) >= 11 is 0. The number of aromatic nitrogens is 2. The zero-order valence-electron chi connectivity index (χ0n) is 18.7. The van der Waals surface area contributed by atoms with Gasteiger partial charge < -0.3 is 25.0 Å². The van der Waals surface area contributed by atoms with Gasteiger partial charge in [0.1, 0.15) is 5.75 Å². The number of primary amides is 1. The van der Waals surface area contributed by atoms with Crippen molar-refractivity contribution in [2.75, 3.05) is 31.2 Å². The van der Waals surface area contributed by atoms with E-state index in [4.69, 9.17) is 15.0 Å². The first-order chi connectivity index (χ1) is 14.9. The number of nitrogens with zero attached hydrogens (tertiary/aromatic N) is 3. The van der Waals surface area contributed by atoms with Crippen LogP contribution in [-0.4, -0.2) is 47.5 Å². The Kier molecular flexibility index (Phi) is 7.90. The van der Waals surface area contributed by atoms with E-state index in [1.165, 1.54) is 0 Å². The Morgan fingerprint density at radius 3 is 2.68 bits per heavy atom. The number of piperidine rings is 1. The van der Waals surface area contributed by atoms with Gasteiger partial charge in [0.25, 0.3) is 0 Å².